The Hall–Kier alpha value is -4.24. The molecule has 2 rings (SSSR count). The monoisotopic (exact) mass is 555 g/mol. The average molecular weight is 556 g/mol. The molecule has 3 amide bonds. The van der Waals surface area contributed by atoms with Gasteiger partial charge in [-0.3, -0.25) is 19.2 Å². The Balaban J connectivity index is 0.00000684. The first-order valence-electron chi connectivity index (χ1n) is 10.4. The van der Waals surface area contributed by atoms with Crippen LogP contribution in [0.1, 0.15) is 17.7 Å². The number of hydrogen-bond acceptors (Lipinski definition) is 8. The zero-order valence-corrected chi connectivity index (χ0v) is 20.9. The number of carboxylic acids is 2. The van der Waals surface area contributed by atoms with Gasteiger partial charge in [0, 0.05) is 11.8 Å². The van der Waals surface area contributed by atoms with Crippen molar-refractivity contribution in [2.24, 2.45) is 16.5 Å². The lowest BCUT2D eigenvalue weighted by Gasteiger charge is -2.20. The molecule has 0 unspecified atom stereocenters. The van der Waals surface area contributed by atoms with E-state index in [4.69, 9.17) is 16.6 Å². The van der Waals surface area contributed by atoms with Crippen molar-refractivity contribution >= 4 is 64.5 Å². The van der Waals surface area contributed by atoms with Gasteiger partial charge in [-0.25, -0.2) is 14.8 Å². The predicted molar refractivity (Wildman–Crippen MR) is 136 cm³/mol. The number of nitrogens with zero attached hydrogens (tertiary/aromatic N) is 2. The topological polar surface area (TPSA) is 239 Å². The first kappa shape index (κ1) is 30.8. The average Bonchev–Trinajstić information content (AvgIpc) is 3.23. The minimum Gasteiger partial charge on any atom is -0.481 e. The quantitative estimate of drug-likeness (QED) is 0.118. The van der Waals surface area contributed by atoms with Crippen molar-refractivity contribution in [3.05, 3.63) is 47.0 Å². The van der Waals surface area contributed by atoms with Gasteiger partial charge in [0.25, 0.3) is 0 Å². The summed E-state index contributed by atoms with van der Waals surface area (Å²) < 4.78 is 0. The maximum absolute atomic E-state index is 12.7. The molecule has 14 nitrogen and oxygen atoms in total. The van der Waals surface area contributed by atoms with Crippen LogP contribution in [0.25, 0.3) is 0 Å². The van der Waals surface area contributed by atoms with Crippen LogP contribution >= 0.6 is 23.7 Å². The maximum Gasteiger partial charge on any atom is 0.326 e. The van der Waals surface area contributed by atoms with Crippen LogP contribution in [-0.2, 0) is 36.8 Å². The molecule has 1 aromatic carbocycles. The molecule has 1 aromatic heterocycles. The lowest BCUT2D eigenvalue weighted by Crippen LogP contribution is -2.53. The lowest BCUT2D eigenvalue weighted by atomic mass is 10.1. The summed E-state index contributed by atoms with van der Waals surface area (Å²) in [7, 11) is 0. The molecule has 0 saturated heterocycles. The fourth-order valence-electron chi connectivity index (χ4n) is 2.88. The van der Waals surface area contributed by atoms with E-state index in [1.54, 1.807) is 30.3 Å². The number of anilines is 1. The highest BCUT2D eigenvalue weighted by molar-refractivity contribution is 7.13. The van der Waals surface area contributed by atoms with Crippen molar-refractivity contribution < 1.29 is 34.2 Å². The summed E-state index contributed by atoms with van der Waals surface area (Å²) in [6, 6.07) is 5.68. The van der Waals surface area contributed by atoms with Gasteiger partial charge < -0.3 is 37.6 Å². The number of carboxylic acid groups (broad SMARTS) is 2. The number of thiazole rings is 1. The number of amides is 3. The SMILES string of the molecule is Cl.NC(N)=NCC(=O)Nc1nc(CC(=O)N[C@@H](CC(=O)O)C(=O)N[C@@H](Cc2ccccc2)C(=O)O)cs1. The number of halogens is 1. The van der Waals surface area contributed by atoms with Gasteiger partial charge in [0.1, 0.15) is 18.6 Å². The van der Waals surface area contributed by atoms with Gasteiger partial charge in [0.2, 0.25) is 17.7 Å². The van der Waals surface area contributed by atoms with E-state index in [0.717, 1.165) is 11.3 Å². The normalized spacial score (nSPS) is 11.7. The van der Waals surface area contributed by atoms with Crippen LogP contribution in [-0.4, -0.2) is 69.4 Å². The van der Waals surface area contributed by atoms with Gasteiger partial charge in [-0.2, -0.15) is 0 Å². The molecule has 9 N–H and O–H groups in total. The van der Waals surface area contributed by atoms with Gasteiger partial charge in [-0.15, -0.1) is 23.7 Å². The largest absolute Gasteiger partial charge is 0.481 e. The minimum absolute atomic E-state index is 0. The predicted octanol–water partition coefficient (Wildman–Crippen LogP) is -0.909. The van der Waals surface area contributed by atoms with Gasteiger partial charge in [-0.05, 0) is 5.56 Å². The summed E-state index contributed by atoms with van der Waals surface area (Å²) in [4.78, 5) is 67.4. The Kier molecular flexibility index (Phi) is 12.5. The first-order chi connectivity index (χ1) is 17.0. The number of nitrogens with one attached hydrogen (secondary N) is 3. The number of aliphatic imine (C=N–C) groups is 1. The molecule has 0 aliphatic heterocycles. The molecular weight excluding hydrogens is 530 g/mol. The van der Waals surface area contributed by atoms with Crippen molar-refractivity contribution in [1.82, 2.24) is 15.6 Å². The summed E-state index contributed by atoms with van der Waals surface area (Å²) in [5.41, 5.74) is 11.2. The molecule has 2 atom stereocenters. The molecule has 0 aliphatic carbocycles. The molecule has 0 spiro atoms. The number of nitrogens with two attached hydrogens (primary N) is 2. The fraction of sp³-hybridized carbons (Fsp3) is 0.286. The first-order valence-corrected chi connectivity index (χ1v) is 11.3. The van der Waals surface area contributed by atoms with Crippen molar-refractivity contribution in [2.75, 3.05) is 11.9 Å². The van der Waals surface area contributed by atoms with E-state index in [9.17, 15) is 29.1 Å². The van der Waals surface area contributed by atoms with Gasteiger partial charge >= 0.3 is 11.9 Å². The van der Waals surface area contributed by atoms with Crippen molar-refractivity contribution in [3.8, 4) is 0 Å². The van der Waals surface area contributed by atoms with Gasteiger partial charge in [0.05, 0.1) is 18.5 Å². The third-order valence-corrected chi connectivity index (χ3v) is 5.28. The summed E-state index contributed by atoms with van der Waals surface area (Å²) in [6.07, 6.45) is -1.12. The highest BCUT2D eigenvalue weighted by Crippen LogP contribution is 2.16. The molecule has 16 heteroatoms. The highest BCUT2D eigenvalue weighted by Gasteiger charge is 2.28. The molecule has 1 heterocycles. The third kappa shape index (κ3) is 11.4. The zero-order chi connectivity index (χ0) is 26.7. The van der Waals surface area contributed by atoms with E-state index in [1.807, 2.05) is 0 Å². The fourth-order valence-corrected chi connectivity index (χ4v) is 3.61. The number of rotatable bonds is 13. The highest BCUT2D eigenvalue weighted by atomic mass is 35.5. The molecule has 0 aliphatic rings. The molecule has 0 radical (unpaired) electrons. The Labute approximate surface area is 221 Å². The van der Waals surface area contributed by atoms with Crippen LogP contribution in [0, 0.1) is 0 Å². The van der Waals surface area contributed by atoms with Gasteiger partial charge in [0.15, 0.2) is 11.1 Å². The zero-order valence-electron chi connectivity index (χ0n) is 19.2. The van der Waals surface area contributed by atoms with Crippen LogP contribution in [0.5, 0.6) is 0 Å². The number of carbonyl (C=O) groups excluding carboxylic acids is 3. The van der Waals surface area contributed by atoms with E-state index in [2.05, 4.69) is 25.9 Å². The van der Waals surface area contributed by atoms with Crippen molar-refractivity contribution in [3.63, 3.8) is 0 Å². The summed E-state index contributed by atoms with van der Waals surface area (Å²) >= 11 is 1.03. The Bertz CT molecular complexity index is 1140. The van der Waals surface area contributed by atoms with Gasteiger partial charge in [-0.1, -0.05) is 30.3 Å². The number of hydrogen-bond donors (Lipinski definition) is 7. The second kappa shape index (κ2) is 15.0. The molecule has 37 heavy (non-hydrogen) atoms. The smallest absolute Gasteiger partial charge is 0.326 e. The lowest BCUT2D eigenvalue weighted by molar-refractivity contribution is -0.143. The minimum atomic E-state index is -1.52. The summed E-state index contributed by atoms with van der Waals surface area (Å²) in [5, 5.41) is 27.3. The molecule has 0 bridgehead atoms. The molecule has 200 valence electrons. The van der Waals surface area contributed by atoms with E-state index in [-0.39, 0.29) is 48.6 Å². The van der Waals surface area contributed by atoms with Crippen LogP contribution in [0.15, 0.2) is 40.7 Å². The Morgan fingerprint density at radius 2 is 1.68 bits per heavy atom. The third-order valence-electron chi connectivity index (χ3n) is 4.47. The second-order valence-corrected chi connectivity index (χ2v) is 8.28. The molecule has 2 aromatic rings. The van der Waals surface area contributed by atoms with Crippen LogP contribution < -0.4 is 27.4 Å². The Morgan fingerprint density at radius 3 is 2.27 bits per heavy atom. The molecular formula is C21H26ClN7O7S. The number of aliphatic carboxylic acids is 2. The summed E-state index contributed by atoms with van der Waals surface area (Å²) in [6.45, 7) is -0.314. The molecule has 0 saturated carbocycles. The second-order valence-electron chi connectivity index (χ2n) is 7.42. The van der Waals surface area contributed by atoms with Crippen LogP contribution in [0.2, 0.25) is 0 Å². The van der Waals surface area contributed by atoms with Crippen molar-refractivity contribution in [2.45, 2.75) is 31.3 Å². The summed E-state index contributed by atoms with van der Waals surface area (Å²) in [5.74, 6) is -5.16. The number of carbonyl (C=O) groups is 5. The number of benzene rings is 1. The van der Waals surface area contributed by atoms with E-state index < -0.39 is 48.2 Å². The number of guanidine groups is 1. The maximum atomic E-state index is 12.7. The van der Waals surface area contributed by atoms with E-state index in [0.29, 0.717) is 5.56 Å². The Morgan fingerprint density at radius 1 is 1.00 bits per heavy atom. The molecule has 0 fully saturated rings. The standard InChI is InChI=1S/C21H25N7O7S.ClH/c22-20(23)24-9-16(30)28-21-25-12(10-36-21)7-15(29)26-13(8-17(31)32)18(33)27-14(19(34)35)6-11-4-2-1-3-5-11;/h1-5,10,13-14H,6-9H2,(H,26,29)(H,27,33)(H,31,32)(H,34,35)(H4,22,23,24)(H,25,28,30);1H/t13-,14-;/m0./s1. The van der Waals surface area contributed by atoms with Crippen LogP contribution in [0.4, 0.5) is 5.13 Å². The van der Waals surface area contributed by atoms with Crippen LogP contribution in [0.3, 0.4) is 0 Å². The number of aromatic nitrogens is 1. The van der Waals surface area contributed by atoms with E-state index in [1.165, 1.54) is 5.38 Å². The van der Waals surface area contributed by atoms with Crippen molar-refractivity contribution in [1.29, 1.82) is 0 Å². The van der Waals surface area contributed by atoms with E-state index >= 15 is 0 Å².